The van der Waals surface area contributed by atoms with E-state index in [9.17, 15) is 0 Å². The Morgan fingerprint density at radius 3 is 1.67 bits per heavy atom. The van der Waals surface area contributed by atoms with Crippen LogP contribution in [-0.2, 0) is 16.2 Å². The second kappa shape index (κ2) is 8.57. The first-order chi connectivity index (χ1) is 18.2. The number of hydrogen-bond acceptors (Lipinski definition) is 0. The molecule has 0 N–H and O–H groups in total. The summed E-state index contributed by atoms with van der Waals surface area (Å²) in [5.74, 6) is 0.766. The molecule has 0 aromatic heterocycles. The second-order valence-electron chi connectivity index (χ2n) is 15.5. The molecule has 39 heavy (non-hydrogen) atoms. The number of fused-ring (bicyclic) bond motifs is 4. The van der Waals surface area contributed by atoms with Crippen LogP contribution < -0.4 is 0 Å². The van der Waals surface area contributed by atoms with E-state index in [0.717, 1.165) is 0 Å². The van der Waals surface area contributed by atoms with E-state index in [1.54, 1.807) is 5.57 Å². The lowest BCUT2D eigenvalue weighted by Gasteiger charge is -2.42. The summed E-state index contributed by atoms with van der Waals surface area (Å²) in [7, 11) is 0. The average molecular weight is 515 g/mol. The summed E-state index contributed by atoms with van der Waals surface area (Å²) < 4.78 is 0. The third-order valence-electron chi connectivity index (χ3n) is 9.91. The average Bonchev–Trinajstić information content (AvgIpc) is 3.53. The van der Waals surface area contributed by atoms with E-state index in [4.69, 9.17) is 0 Å². The zero-order chi connectivity index (χ0) is 28.0. The number of benzene rings is 3. The summed E-state index contributed by atoms with van der Waals surface area (Å²) in [5, 5.41) is 0. The summed E-state index contributed by atoms with van der Waals surface area (Å²) in [6.45, 7) is 21.1. The van der Waals surface area contributed by atoms with Gasteiger partial charge in [0.1, 0.15) is 0 Å². The summed E-state index contributed by atoms with van der Waals surface area (Å²) in [6.07, 6.45) is 7.57. The predicted octanol–water partition coefficient (Wildman–Crippen LogP) is 10.7. The van der Waals surface area contributed by atoms with Crippen molar-refractivity contribution in [1.82, 2.24) is 0 Å². The molecule has 0 radical (unpaired) electrons. The van der Waals surface area contributed by atoms with Gasteiger partial charge in [0.2, 0.25) is 0 Å². The second-order valence-corrected chi connectivity index (χ2v) is 15.5. The summed E-state index contributed by atoms with van der Waals surface area (Å²) in [4.78, 5) is 0. The van der Waals surface area contributed by atoms with Crippen LogP contribution in [0, 0.1) is 11.3 Å². The fourth-order valence-electron chi connectivity index (χ4n) is 7.61. The van der Waals surface area contributed by atoms with Gasteiger partial charge >= 0.3 is 0 Å². The van der Waals surface area contributed by atoms with E-state index in [2.05, 4.69) is 141 Å². The highest BCUT2D eigenvalue weighted by atomic mass is 14.6. The van der Waals surface area contributed by atoms with Crippen molar-refractivity contribution in [3.05, 3.63) is 118 Å². The molecule has 0 heteroatoms. The molecule has 3 aliphatic carbocycles. The number of allylic oxidation sites excluding steroid dienone is 4. The zero-order valence-electron chi connectivity index (χ0n) is 25.6. The lowest BCUT2D eigenvalue weighted by atomic mass is 9.60. The minimum Gasteiger partial charge on any atom is -0.0727 e. The van der Waals surface area contributed by atoms with Gasteiger partial charge in [0.25, 0.3) is 0 Å². The van der Waals surface area contributed by atoms with Crippen LogP contribution in [0.15, 0.2) is 90.0 Å². The quantitative estimate of drug-likeness (QED) is 0.319. The standard InChI is InChI=1S/C39H46/c1-36(2,3)27-15-17-30-32(22-27)33-23-28(37(4,5)6)16-18-31(33)35(30)39(26-13-11-10-12-14-26)20-19-25-21-29(24-34(25)39)38(7,8)9/h10-18,21-24,34-35H,19-20H2,1-9H3. The van der Waals surface area contributed by atoms with Crippen LogP contribution >= 0.6 is 0 Å². The normalized spacial score (nSPS) is 22.8. The summed E-state index contributed by atoms with van der Waals surface area (Å²) in [5.41, 5.74) is 13.8. The third kappa shape index (κ3) is 4.09. The maximum atomic E-state index is 2.65. The molecule has 0 spiro atoms. The van der Waals surface area contributed by atoms with Crippen LogP contribution in [-0.4, -0.2) is 0 Å². The van der Waals surface area contributed by atoms with Crippen LogP contribution in [0.2, 0.25) is 0 Å². The Morgan fingerprint density at radius 2 is 1.18 bits per heavy atom. The van der Waals surface area contributed by atoms with Crippen molar-refractivity contribution in [2.24, 2.45) is 11.3 Å². The molecular weight excluding hydrogens is 468 g/mol. The molecule has 3 aromatic rings. The first kappa shape index (κ1) is 26.4. The van der Waals surface area contributed by atoms with Gasteiger partial charge in [-0.05, 0) is 73.6 Å². The maximum absolute atomic E-state index is 2.65. The number of hydrogen-bond donors (Lipinski definition) is 0. The molecule has 6 rings (SSSR count). The van der Waals surface area contributed by atoms with Gasteiger partial charge in [0.05, 0.1) is 0 Å². The van der Waals surface area contributed by atoms with E-state index in [1.807, 2.05) is 0 Å². The van der Waals surface area contributed by atoms with Gasteiger partial charge in [-0.1, -0.05) is 147 Å². The van der Waals surface area contributed by atoms with Gasteiger partial charge in [-0.15, -0.1) is 0 Å². The Morgan fingerprint density at radius 1 is 0.641 bits per heavy atom. The van der Waals surface area contributed by atoms with Crippen LogP contribution in [0.25, 0.3) is 11.1 Å². The van der Waals surface area contributed by atoms with E-state index >= 15 is 0 Å². The van der Waals surface area contributed by atoms with Gasteiger partial charge in [-0.25, -0.2) is 0 Å². The highest BCUT2D eigenvalue weighted by Gasteiger charge is 2.55. The molecule has 0 bridgehead atoms. The molecule has 3 aliphatic rings. The van der Waals surface area contributed by atoms with Crippen molar-refractivity contribution in [3.63, 3.8) is 0 Å². The highest BCUT2D eigenvalue weighted by Crippen LogP contribution is 2.65. The fourth-order valence-corrected chi connectivity index (χ4v) is 7.61. The minimum atomic E-state index is 0.00654. The van der Waals surface area contributed by atoms with Gasteiger partial charge < -0.3 is 0 Å². The van der Waals surface area contributed by atoms with Crippen molar-refractivity contribution < 1.29 is 0 Å². The Bertz CT molecular complexity index is 1430. The van der Waals surface area contributed by atoms with Crippen LogP contribution in [0.5, 0.6) is 0 Å². The van der Waals surface area contributed by atoms with E-state index in [0.29, 0.717) is 11.8 Å². The van der Waals surface area contributed by atoms with Gasteiger partial charge in [0.15, 0.2) is 0 Å². The molecule has 3 aromatic carbocycles. The Balaban J connectivity index is 1.64. The SMILES string of the molecule is CC(C)(C)C1=CC2C(=C1)CCC2(c1ccccc1)C1c2ccc(C(C)(C)C)cc2-c2cc(C(C)(C)C)ccc21. The third-order valence-corrected chi connectivity index (χ3v) is 9.91. The molecular formula is C39H46. The van der Waals surface area contributed by atoms with Crippen molar-refractivity contribution in [2.75, 3.05) is 0 Å². The first-order valence-electron chi connectivity index (χ1n) is 15.0. The lowest BCUT2D eigenvalue weighted by molar-refractivity contribution is 0.341. The van der Waals surface area contributed by atoms with Gasteiger partial charge in [-0.2, -0.15) is 0 Å². The topological polar surface area (TPSA) is 0 Å². The van der Waals surface area contributed by atoms with E-state index in [1.165, 1.54) is 57.4 Å². The Kier molecular flexibility index (Phi) is 5.79. The molecule has 0 nitrogen and oxygen atoms in total. The molecule has 1 saturated carbocycles. The van der Waals surface area contributed by atoms with Gasteiger partial charge in [0, 0.05) is 17.3 Å². The van der Waals surface area contributed by atoms with Gasteiger partial charge in [-0.3, -0.25) is 0 Å². The molecule has 0 amide bonds. The Hall–Kier alpha value is -2.86. The van der Waals surface area contributed by atoms with Crippen LogP contribution in [0.1, 0.15) is 109 Å². The molecule has 0 aliphatic heterocycles. The molecule has 0 heterocycles. The van der Waals surface area contributed by atoms with Crippen LogP contribution in [0.4, 0.5) is 0 Å². The molecule has 0 saturated heterocycles. The summed E-state index contributed by atoms with van der Waals surface area (Å²) >= 11 is 0. The van der Waals surface area contributed by atoms with Crippen molar-refractivity contribution in [3.8, 4) is 11.1 Å². The lowest BCUT2D eigenvalue weighted by Crippen LogP contribution is -2.37. The zero-order valence-corrected chi connectivity index (χ0v) is 25.6. The summed E-state index contributed by atoms with van der Waals surface area (Å²) in [6, 6.07) is 26.4. The van der Waals surface area contributed by atoms with E-state index in [-0.39, 0.29) is 21.7 Å². The van der Waals surface area contributed by atoms with Crippen molar-refractivity contribution >= 4 is 0 Å². The van der Waals surface area contributed by atoms with E-state index < -0.39 is 0 Å². The highest BCUT2D eigenvalue weighted by molar-refractivity contribution is 5.82. The molecule has 202 valence electrons. The Labute approximate surface area is 237 Å². The monoisotopic (exact) mass is 514 g/mol. The maximum Gasteiger partial charge on any atom is 0.0207 e. The van der Waals surface area contributed by atoms with Crippen molar-refractivity contribution in [2.45, 2.75) is 97.3 Å². The minimum absolute atomic E-state index is 0.00654. The van der Waals surface area contributed by atoms with Crippen molar-refractivity contribution in [1.29, 1.82) is 0 Å². The smallest absolute Gasteiger partial charge is 0.0207 e. The molecule has 2 unspecified atom stereocenters. The fraction of sp³-hybridized carbons (Fsp3) is 0.436. The molecule has 1 fully saturated rings. The number of rotatable bonds is 2. The largest absolute Gasteiger partial charge is 0.0727 e. The first-order valence-corrected chi connectivity index (χ1v) is 15.0. The predicted molar refractivity (Wildman–Crippen MR) is 168 cm³/mol. The van der Waals surface area contributed by atoms with Crippen LogP contribution in [0.3, 0.4) is 0 Å². The molecule has 2 atom stereocenters.